The molecule has 4 N–H and O–H groups in total. The van der Waals surface area contributed by atoms with Gasteiger partial charge in [0.1, 0.15) is 12.6 Å². The molecule has 0 aliphatic rings. The number of phosphoric acid groups is 1. The van der Waals surface area contributed by atoms with E-state index in [-0.39, 0.29) is 19.4 Å². The van der Waals surface area contributed by atoms with E-state index in [0.717, 1.165) is 89.9 Å². The van der Waals surface area contributed by atoms with Gasteiger partial charge < -0.3 is 25.2 Å². The van der Waals surface area contributed by atoms with Crippen LogP contribution in [-0.2, 0) is 37.5 Å². The van der Waals surface area contributed by atoms with E-state index < -0.39 is 51.1 Å². The molecule has 0 heterocycles. The van der Waals surface area contributed by atoms with Crippen LogP contribution in [0.1, 0.15) is 168 Å². The van der Waals surface area contributed by atoms with Crippen molar-refractivity contribution in [2.24, 2.45) is 5.73 Å². The second kappa shape index (κ2) is 40.7. The summed E-state index contributed by atoms with van der Waals surface area (Å²) in [6.07, 6.45) is 48.1. The van der Waals surface area contributed by atoms with Crippen molar-refractivity contribution in [1.29, 1.82) is 0 Å². The van der Waals surface area contributed by atoms with E-state index in [0.29, 0.717) is 12.8 Å². The highest BCUT2D eigenvalue weighted by atomic mass is 31.2. The lowest BCUT2D eigenvalue weighted by molar-refractivity contribution is -0.161. The third-order valence-corrected chi connectivity index (χ3v) is 9.88. The molecule has 0 saturated heterocycles. The number of carbonyl (C=O) groups excluding carboxylic acids is 2. The van der Waals surface area contributed by atoms with Crippen LogP contribution in [0.25, 0.3) is 0 Å². The molecule has 0 bridgehead atoms. The van der Waals surface area contributed by atoms with Gasteiger partial charge in [0, 0.05) is 12.8 Å². The van der Waals surface area contributed by atoms with Gasteiger partial charge in [-0.15, -0.1) is 0 Å². The van der Waals surface area contributed by atoms with Gasteiger partial charge in [-0.25, -0.2) is 4.57 Å². The Kier molecular flexibility index (Phi) is 38.5. The van der Waals surface area contributed by atoms with Gasteiger partial charge in [0.2, 0.25) is 0 Å². The maximum absolute atomic E-state index is 12.6. The topological polar surface area (TPSA) is 172 Å². The van der Waals surface area contributed by atoms with Crippen LogP contribution >= 0.6 is 7.82 Å². The lowest BCUT2D eigenvalue weighted by Gasteiger charge is -2.20. The van der Waals surface area contributed by atoms with Gasteiger partial charge in [-0.2, -0.15) is 0 Å². The van der Waals surface area contributed by atoms with Gasteiger partial charge >= 0.3 is 25.7 Å². The zero-order valence-electron chi connectivity index (χ0n) is 35.9. The van der Waals surface area contributed by atoms with Crippen LogP contribution < -0.4 is 5.73 Å². The summed E-state index contributed by atoms with van der Waals surface area (Å²) < 4.78 is 32.7. The zero-order valence-corrected chi connectivity index (χ0v) is 36.8. The number of aliphatic carboxylic acids is 1. The van der Waals surface area contributed by atoms with E-state index in [2.05, 4.69) is 91.3 Å². The van der Waals surface area contributed by atoms with Gasteiger partial charge in [0.15, 0.2) is 6.10 Å². The fourth-order valence-corrected chi connectivity index (χ4v) is 6.21. The summed E-state index contributed by atoms with van der Waals surface area (Å²) in [6, 6.07) is -1.53. The number of esters is 2. The molecule has 0 saturated carbocycles. The Morgan fingerprint density at radius 1 is 0.534 bits per heavy atom. The van der Waals surface area contributed by atoms with Crippen LogP contribution in [0.2, 0.25) is 0 Å². The molecule has 0 spiro atoms. The van der Waals surface area contributed by atoms with E-state index in [4.69, 9.17) is 24.8 Å². The van der Waals surface area contributed by atoms with Gasteiger partial charge in [0.05, 0.1) is 13.2 Å². The summed E-state index contributed by atoms with van der Waals surface area (Å²) in [4.78, 5) is 46.0. The quantitative estimate of drug-likeness (QED) is 0.0232. The first-order valence-corrected chi connectivity index (χ1v) is 23.5. The van der Waals surface area contributed by atoms with Gasteiger partial charge in [-0.05, 0) is 89.9 Å². The number of unbranched alkanes of at least 4 members (excludes halogenated alkanes) is 14. The van der Waals surface area contributed by atoms with E-state index in [1.165, 1.54) is 38.5 Å². The number of phosphoric ester groups is 1. The number of nitrogens with two attached hydrogens (primary N) is 1. The van der Waals surface area contributed by atoms with Crippen LogP contribution in [0, 0.1) is 0 Å². The second-order valence-electron chi connectivity index (χ2n) is 14.5. The summed E-state index contributed by atoms with van der Waals surface area (Å²) >= 11 is 0. The molecule has 3 unspecified atom stereocenters. The molecule has 0 aromatic carbocycles. The van der Waals surface area contributed by atoms with Crippen molar-refractivity contribution in [3.8, 4) is 0 Å². The first kappa shape index (κ1) is 54.9. The lowest BCUT2D eigenvalue weighted by Crippen LogP contribution is -2.34. The predicted octanol–water partition coefficient (Wildman–Crippen LogP) is 11.7. The number of rotatable bonds is 40. The fourth-order valence-electron chi connectivity index (χ4n) is 5.43. The first-order chi connectivity index (χ1) is 28.1. The minimum absolute atomic E-state index is 0.127. The van der Waals surface area contributed by atoms with Gasteiger partial charge in [-0.3, -0.25) is 23.4 Å². The zero-order chi connectivity index (χ0) is 42.8. The smallest absolute Gasteiger partial charge is 0.472 e. The number of hydrogen-bond acceptors (Lipinski definition) is 9. The van der Waals surface area contributed by atoms with E-state index in [1.54, 1.807) is 0 Å². The summed E-state index contributed by atoms with van der Waals surface area (Å²) in [5.74, 6) is -2.44. The molecule has 0 amide bonds. The van der Waals surface area contributed by atoms with Crippen LogP contribution in [0.3, 0.4) is 0 Å². The van der Waals surface area contributed by atoms with Crippen molar-refractivity contribution in [2.75, 3.05) is 19.8 Å². The maximum Gasteiger partial charge on any atom is 0.472 e. The van der Waals surface area contributed by atoms with Crippen LogP contribution in [0.4, 0.5) is 0 Å². The molecule has 3 atom stereocenters. The van der Waals surface area contributed by atoms with E-state index in [9.17, 15) is 23.8 Å². The number of ether oxygens (including phenoxy) is 2. The van der Waals surface area contributed by atoms with Crippen LogP contribution in [0.15, 0.2) is 72.9 Å². The number of carbonyl (C=O) groups is 3. The normalized spacial score (nSPS) is 14.4. The minimum atomic E-state index is -4.73. The maximum atomic E-state index is 12.6. The predicted molar refractivity (Wildman–Crippen MR) is 235 cm³/mol. The third kappa shape index (κ3) is 39.7. The monoisotopic (exact) mass is 836 g/mol. The molecule has 0 aromatic rings. The van der Waals surface area contributed by atoms with E-state index in [1.807, 2.05) is 0 Å². The molecular formula is C46H78NO10P. The van der Waals surface area contributed by atoms with Crippen molar-refractivity contribution in [2.45, 2.75) is 180 Å². The summed E-state index contributed by atoms with van der Waals surface area (Å²) in [5.41, 5.74) is 5.33. The molecule has 0 aliphatic heterocycles. The highest BCUT2D eigenvalue weighted by Crippen LogP contribution is 2.43. The summed E-state index contributed by atoms with van der Waals surface area (Å²) in [7, 11) is -4.73. The summed E-state index contributed by atoms with van der Waals surface area (Å²) in [5, 5.41) is 8.89. The molecule has 0 radical (unpaired) electrons. The van der Waals surface area contributed by atoms with Gasteiger partial charge in [0.25, 0.3) is 0 Å². The Labute approximate surface area is 350 Å². The van der Waals surface area contributed by atoms with Crippen molar-refractivity contribution in [3.05, 3.63) is 72.9 Å². The first-order valence-electron chi connectivity index (χ1n) is 22.0. The Morgan fingerprint density at radius 3 is 1.34 bits per heavy atom. The number of hydrogen-bond donors (Lipinski definition) is 3. The SMILES string of the molecule is CCCCCC=CCC=CCC=CCCCCCCC(=O)OCC(COP(=O)(O)OCC(N)C(=O)O)OC(=O)CCCCCCC=CCC=CCC=CCCCCC. The molecule has 58 heavy (non-hydrogen) atoms. The molecule has 12 heteroatoms. The molecule has 0 fully saturated rings. The molecule has 11 nitrogen and oxygen atoms in total. The second-order valence-corrected chi connectivity index (χ2v) is 15.9. The molecular weight excluding hydrogens is 757 g/mol. The van der Waals surface area contributed by atoms with Crippen LogP contribution in [0.5, 0.6) is 0 Å². The fraction of sp³-hybridized carbons (Fsp3) is 0.674. The highest BCUT2D eigenvalue weighted by Gasteiger charge is 2.28. The average molecular weight is 836 g/mol. The third-order valence-electron chi connectivity index (χ3n) is 8.93. The van der Waals surface area contributed by atoms with Crippen molar-refractivity contribution in [3.63, 3.8) is 0 Å². The Bertz CT molecular complexity index is 1260. The van der Waals surface area contributed by atoms with E-state index >= 15 is 0 Å². The average Bonchev–Trinajstić information content (AvgIpc) is 3.20. The van der Waals surface area contributed by atoms with Gasteiger partial charge in [-0.1, -0.05) is 138 Å². The Balaban J connectivity index is 4.47. The molecule has 0 aliphatic carbocycles. The number of carboxylic acids is 1. The molecule has 0 aromatic heterocycles. The standard InChI is InChI=1S/C46H78NO10P/c1-3-5-7-9-11-13-15-17-19-21-23-25-27-29-31-33-35-37-44(48)54-39-42(40-55-58(52,53)56-41-43(47)46(50)51)57-45(49)38-36-34-32-30-28-26-24-22-20-18-16-14-12-10-8-6-4-2/h11-14,17-20,23-26,42-43H,3-10,15-16,21-22,27-41,47H2,1-2H3,(H,50,51)(H,52,53). The number of allylic oxidation sites excluding steroid dienone is 12. The van der Waals surface area contributed by atoms with Crippen molar-refractivity contribution >= 4 is 25.7 Å². The summed E-state index contributed by atoms with van der Waals surface area (Å²) in [6.45, 7) is 2.69. The van der Waals surface area contributed by atoms with Crippen molar-refractivity contribution < 1.29 is 47.5 Å². The van der Waals surface area contributed by atoms with Crippen molar-refractivity contribution in [1.82, 2.24) is 0 Å². The highest BCUT2D eigenvalue weighted by molar-refractivity contribution is 7.47. The van der Waals surface area contributed by atoms with Crippen LogP contribution in [-0.4, -0.2) is 59.9 Å². The largest absolute Gasteiger partial charge is 0.480 e. The molecule has 0 rings (SSSR count). The lowest BCUT2D eigenvalue weighted by atomic mass is 10.1. The Morgan fingerprint density at radius 2 is 0.914 bits per heavy atom. The molecule has 332 valence electrons. The minimum Gasteiger partial charge on any atom is -0.480 e. The Hall–Kier alpha value is -3.08. The number of carboxylic acid groups (broad SMARTS) is 1.